The van der Waals surface area contributed by atoms with E-state index >= 15 is 0 Å². The fraction of sp³-hybridized carbons (Fsp3) is 0.429. The molecule has 4 rings (SSSR count). The zero-order chi connectivity index (χ0) is 19.8. The molecule has 0 unspecified atom stereocenters. The summed E-state index contributed by atoms with van der Waals surface area (Å²) in [6, 6.07) is 10.5. The minimum atomic E-state index is -0.232. The summed E-state index contributed by atoms with van der Waals surface area (Å²) in [4.78, 5) is 27.9. The van der Waals surface area contributed by atoms with E-state index in [1.165, 1.54) is 5.56 Å². The highest BCUT2D eigenvalue weighted by molar-refractivity contribution is 5.95. The highest BCUT2D eigenvalue weighted by atomic mass is 16.2. The third kappa shape index (κ3) is 3.00. The fourth-order valence-corrected chi connectivity index (χ4v) is 4.60. The smallest absolute Gasteiger partial charge is 0.371 e. The molecule has 28 heavy (non-hydrogen) atoms. The lowest BCUT2D eigenvalue weighted by Gasteiger charge is -2.48. The number of aromatic nitrogens is 2. The minimum absolute atomic E-state index is 0.00888. The number of benzene rings is 1. The molecule has 0 radical (unpaired) electrons. The Morgan fingerprint density at radius 2 is 1.75 bits per heavy atom. The van der Waals surface area contributed by atoms with E-state index in [4.69, 9.17) is 6.57 Å². The lowest BCUT2D eigenvalue weighted by atomic mass is 9.69. The molecule has 1 aliphatic carbocycles. The molecular weight excluding hydrogens is 352 g/mol. The largest absolute Gasteiger partial charge is 0.394 e. The maximum atomic E-state index is 12.7. The molecule has 2 aromatic rings. The lowest BCUT2D eigenvalue weighted by molar-refractivity contribution is 0.0658. The van der Waals surface area contributed by atoms with Crippen LogP contribution in [-0.2, 0) is 5.54 Å². The molecule has 1 aromatic carbocycles. The minimum Gasteiger partial charge on any atom is -0.394 e. The standard InChI is InChI=1S/C21H24N6O/c1-22-18-23-13-17(14-24-18)27-15-20(25-19(27)28)9-11-21(12-10-20,26(2)3)16-7-5-4-6-8-16/h4-8,13-14H,9-12,15H2,2-3H3,(H,25,28). The Kier molecular flexibility index (Phi) is 4.52. The molecule has 2 aliphatic rings. The number of anilines is 1. The average molecular weight is 376 g/mol. The van der Waals surface area contributed by atoms with Gasteiger partial charge >= 0.3 is 12.0 Å². The molecule has 1 saturated heterocycles. The third-order valence-corrected chi connectivity index (χ3v) is 6.32. The maximum absolute atomic E-state index is 12.7. The molecule has 1 spiro atoms. The van der Waals surface area contributed by atoms with Crippen LogP contribution >= 0.6 is 0 Å². The second-order valence-electron chi connectivity index (χ2n) is 7.94. The molecule has 1 N–H and O–H groups in total. The van der Waals surface area contributed by atoms with E-state index in [-0.39, 0.29) is 23.1 Å². The van der Waals surface area contributed by atoms with Gasteiger partial charge in [-0.2, -0.15) is 9.97 Å². The summed E-state index contributed by atoms with van der Waals surface area (Å²) in [5.41, 5.74) is 1.72. The van der Waals surface area contributed by atoms with Crippen molar-refractivity contribution in [2.45, 2.75) is 36.8 Å². The van der Waals surface area contributed by atoms with E-state index in [0.717, 1.165) is 25.7 Å². The van der Waals surface area contributed by atoms with Gasteiger partial charge in [0, 0.05) is 5.54 Å². The molecule has 2 heterocycles. The molecule has 0 bridgehead atoms. The van der Waals surface area contributed by atoms with Crippen LogP contribution in [0.3, 0.4) is 0 Å². The van der Waals surface area contributed by atoms with E-state index in [0.29, 0.717) is 12.2 Å². The normalized spacial score (nSPS) is 27.1. The predicted octanol–water partition coefficient (Wildman–Crippen LogP) is 3.33. The second-order valence-corrected chi connectivity index (χ2v) is 7.94. The van der Waals surface area contributed by atoms with Crippen molar-refractivity contribution in [3.8, 4) is 0 Å². The number of rotatable bonds is 3. The van der Waals surface area contributed by atoms with Crippen LogP contribution in [-0.4, -0.2) is 47.1 Å². The van der Waals surface area contributed by atoms with Gasteiger partial charge in [-0.05, 0) is 45.3 Å². The van der Waals surface area contributed by atoms with Gasteiger partial charge < -0.3 is 10.2 Å². The van der Waals surface area contributed by atoms with Crippen molar-refractivity contribution in [3.63, 3.8) is 0 Å². The molecule has 1 saturated carbocycles. The predicted molar refractivity (Wildman–Crippen MR) is 107 cm³/mol. The second kappa shape index (κ2) is 6.88. The number of nitrogens with zero attached hydrogens (tertiary/aromatic N) is 5. The van der Waals surface area contributed by atoms with Crippen molar-refractivity contribution in [3.05, 3.63) is 59.7 Å². The molecular formula is C21H24N6O. The van der Waals surface area contributed by atoms with E-state index in [2.05, 4.69) is 63.4 Å². The first-order chi connectivity index (χ1) is 13.5. The average Bonchev–Trinajstić information content (AvgIpc) is 3.05. The topological polar surface area (TPSA) is 65.7 Å². The molecule has 2 amide bonds. The van der Waals surface area contributed by atoms with Crippen LogP contribution in [0.5, 0.6) is 0 Å². The van der Waals surface area contributed by atoms with Gasteiger partial charge in [-0.1, -0.05) is 30.3 Å². The van der Waals surface area contributed by atoms with Gasteiger partial charge in [-0.15, -0.1) is 6.57 Å². The van der Waals surface area contributed by atoms with Crippen molar-refractivity contribution in [2.75, 3.05) is 25.5 Å². The van der Waals surface area contributed by atoms with Crippen LogP contribution in [0.4, 0.5) is 16.4 Å². The Hall–Kier alpha value is -2.98. The van der Waals surface area contributed by atoms with Crippen molar-refractivity contribution in [1.29, 1.82) is 0 Å². The Morgan fingerprint density at radius 1 is 1.11 bits per heavy atom. The zero-order valence-corrected chi connectivity index (χ0v) is 16.2. The van der Waals surface area contributed by atoms with Crippen LogP contribution in [0, 0.1) is 6.57 Å². The number of amides is 2. The summed E-state index contributed by atoms with van der Waals surface area (Å²) in [6.45, 7) is 7.57. The molecule has 0 atom stereocenters. The van der Waals surface area contributed by atoms with E-state index in [1.807, 2.05) is 6.07 Å². The van der Waals surface area contributed by atoms with Crippen molar-refractivity contribution < 1.29 is 4.79 Å². The monoisotopic (exact) mass is 376 g/mol. The van der Waals surface area contributed by atoms with Gasteiger partial charge in [0.2, 0.25) is 0 Å². The molecule has 144 valence electrons. The molecule has 1 aromatic heterocycles. The van der Waals surface area contributed by atoms with Crippen LogP contribution in [0.2, 0.25) is 0 Å². The Labute approximate surface area is 165 Å². The van der Waals surface area contributed by atoms with E-state index in [1.54, 1.807) is 17.3 Å². The SMILES string of the molecule is [C-]#[N+]c1ncc(N2CC3(CCC(c4ccccc4)(N(C)C)CC3)NC2=O)cn1. The molecule has 7 nitrogen and oxygen atoms in total. The van der Waals surface area contributed by atoms with Crippen molar-refractivity contribution in [2.24, 2.45) is 0 Å². The molecule has 2 fully saturated rings. The number of hydrogen-bond acceptors (Lipinski definition) is 4. The van der Waals surface area contributed by atoms with Gasteiger partial charge in [-0.3, -0.25) is 9.80 Å². The molecule has 1 aliphatic heterocycles. The van der Waals surface area contributed by atoms with Crippen LogP contribution < -0.4 is 10.2 Å². The van der Waals surface area contributed by atoms with E-state index in [9.17, 15) is 4.79 Å². The van der Waals surface area contributed by atoms with Crippen LogP contribution in [0.15, 0.2) is 42.7 Å². The summed E-state index contributed by atoms with van der Waals surface area (Å²) in [6.07, 6.45) is 6.87. The highest BCUT2D eigenvalue weighted by Gasteiger charge is 2.50. The van der Waals surface area contributed by atoms with Gasteiger partial charge in [0.25, 0.3) is 0 Å². The fourth-order valence-electron chi connectivity index (χ4n) is 4.60. The Morgan fingerprint density at radius 3 is 2.32 bits per heavy atom. The summed E-state index contributed by atoms with van der Waals surface area (Å²) >= 11 is 0. The number of carbonyl (C=O) groups excluding carboxylic acids is 1. The third-order valence-electron chi connectivity index (χ3n) is 6.32. The number of carbonyl (C=O) groups is 1. The first-order valence-electron chi connectivity index (χ1n) is 9.50. The molecule has 7 heteroatoms. The summed E-state index contributed by atoms with van der Waals surface area (Å²) < 4.78 is 0. The van der Waals surface area contributed by atoms with Crippen LogP contribution in [0.25, 0.3) is 4.85 Å². The van der Waals surface area contributed by atoms with Gasteiger partial charge in [0.15, 0.2) is 0 Å². The van der Waals surface area contributed by atoms with E-state index < -0.39 is 0 Å². The Balaban J connectivity index is 1.54. The van der Waals surface area contributed by atoms with Gasteiger partial charge in [0.05, 0.1) is 12.1 Å². The van der Waals surface area contributed by atoms with Crippen molar-refractivity contribution >= 4 is 17.7 Å². The summed E-state index contributed by atoms with van der Waals surface area (Å²) in [7, 11) is 4.28. The first-order valence-corrected chi connectivity index (χ1v) is 9.50. The van der Waals surface area contributed by atoms with Gasteiger partial charge in [0.1, 0.15) is 18.1 Å². The first kappa shape index (κ1) is 18.4. The van der Waals surface area contributed by atoms with Crippen molar-refractivity contribution in [1.82, 2.24) is 20.2 Å². The maximum Gasteiger partial charge on any atom is 0.371 e. The zero-order valence-electron chi connectivity index (χ0n) is 16.2. The van der Waals surface area contributed by atoms with Crippen LogP contribution in [0.1, 0.15) is 31.2 Å². The summed E-state index contributed by atoms with van der Waals surface area (Å²) in [5.74, 6) is 0.0920. The number of nitrogens with one attached hydrogen (secondary N) is 1. The Bertz CT molecular complexity index is 895. The highest BCUT2D eigenvalue weighted by Crippen LogP contribution is 2.46. The summed E-state index contributed by atoms with van der Waals surface area (Å²) in [5, 5.41) is 3.23. The lowest BCUT2D eigenvalue weighted by Crippen LogP contribution is -2.54. The quantitative estimate of drug-likeness (QED) is 0.835. The van der Waals surface area contributed by atoms with Gasteiger partial charge in [-0.25, -0.2) is 4.79 Å². The number of urea groups is 1. The number of hydrogen-bond donors (Lipinski definition) is 1.